The third-order valence-corrected chi connectivity index (χ3v) is 5.29. The van der Waals surface area contributed by atoms with Crippen LogP contribution in [-0.4, -0.2) is 17.8 Å². The first-order valence-electron chi connectivity index (χ1n) is 8.46. The Hall–Kier alpha value is -0.370. The molecule has 0 unspecified atom stereocenters. The topological polar surface area (TPSA) is 38.4 Å². The Bertz CT molecular complexity index is 282. The van der Waals surface area contributed by atoms with E-state index in [4.69, 9.17) is 10.7 Å². The Balaban J connectivity index is 1.69. The normalized spacial score (nSPS) is 37.3. The van der Waals surface area contributed by atoms with Crippen LogP contribution in [0, 0.1) is 11.8 Å². The molecular weight excluding hydrogens is 232 g/mol. The average molecular weight is 264 g/mol. The predicted octanol–water partition coefficient (Wildman–Crippen LogP) is 4.32. The van der Waals surface area contributed by atoms with Crippen molar-refractivity contribution in [3.05, 3.63) is 0 Å². The summed E-state index contributed by atoms with van der Waals surface area (Å²) in [6, 6.07) is 1.13. The fourth-order valence-corrected chi connectivity index (χ4v) is 3.81. The van der Waals surface area contributed by atoms with E-state index in [1.165, 1.54) is 63.5 Å². The molecule has 2 rings (SSSR count). The van der Waals surface area contributed by atoms with Crippen LogP contribution in [0.15, 0.2) is 4.99 Å². The summed E-state index contributed by atoms with van der Waals surface area (Å²) in [5.41, 5.74) is 7.33. The van der Waals surface area contributed by atoms with Gasteiger partial charge in [0, 0.05) is 17.8 Å². The summed E-state index contributed by atoms with van der Waals surface area (Å²) in [5, 5.41) is 0. The molecule has 2 N–H and O–H groups in total. The lowest BCUT2D eigenvalue weighted by Crippen LogP contribution is -2.28. The molecule has 0 radical (unpaired) electrons. The van der Waals surface area contributed by atoms with E-state index in [0.717, 1.165) is 18.3 Å². The molecule has 2 aliphatic rings. The Morgan fingerprint density at radius 2 is 1.47 bits per heavy atom. The molecule has 110 valence electrons. The number of hydrogen-bond donors (Lipinski definition) is 1. The number of rotatable bonds is 4. The maximum atomic E-state index is 5.99. The fourth-order valence-electron chi connectivity index (χ4n) is 3.81. The van der Waals surface area contributed by atoms with Gasteiger partial charge in [-0.3, -0.25) is 4.99 Å². The van der Waals surface area contributed by atoms with Crippen molar-refractivity contribution in [3.8, 4) is 0 Å². The third-order valence-electron chi connectivity index (χ3n) is 5.29. The zero-order valence-corrected chi connectivity index (χ0v) is 12.9. The first kappa shape index (κ1) is 15.0. The van der Waals surface area contributed by atoms with Gasteiger partial charge in [-0.05, 0) is 83.0 Å². The van der Waals surface area contributed by atoms with E-state index in [2.05, 4.69) is 13.8 Å². The molecule has 0 aromatic rings. The molecule has 2 nitrogen and oxygen atoms in total. The Kier molecular flexibility index (Phi) is 5.87. The maximum absolute atomic E-state index is 5.99. The Labute approximate surface area is 119 Å². The molecular formula is C17H32N2. The van der Waals surface area contributed by atoms with Crippen LogP contribution >= 0.6 is 0 Å². The van der Waals surface area contributed by atoms with Crippen LogP contribution in [0.3, 0.4) is 0 Å². The highest BCUT2D eigenvalue weighted by molar-refractivity contribution is 5.81. The molecule has 2 fully saturated rings. The van der Waals surface area contributed by atoms with Gasteiger partial charge in [0.1, 0.15) is 0 Å². The third kappa shape index (κ3) is 4.91. The largest absolute Gasteiger partial charge is 0.328 e. The zero-order chi connectivity index (χ0) is 13.7. The van der Waals surface area contributed by atoms with E-state index in [1.54, 1.807) is 0 Å². The van der Waals surface area contributed by atoms with Crippen molar-refractivity contribution in [2.45, 2.75) is 90.1 Å². The SMILES string of the molecule is CCC(C)=NC1CCC(CC2CCC(N)CC2)CC1. The second-order valence-electron chi connectivity index (χ2n) is 6.91. The van der Waals surface area contributed by atoms with Crippen LogP contribution in [-0.2, 0) is 0 Å². The van der Waals surface area contributed by atoms with Gasteiger partial charge >= 0.3 is 0 Å². The highest BCUT2D eigenvalue weighted by Gasteiger charge is 2.25. The van der Waals surface area contributed by atoms with Crippen LogP contribution in [0.4, 0.5) is 0 Å². The number of nitrogens with zero attached hydrogens (tertiary/aromatic N) is 1. The smallest absolute Gasteiger partial charge is 0.0499 e. The van der Waals surface area contributed by atoms with E-state index in [1.807, 2.05) is 0 Å². The van der Waals surface area contributed by atoms with E-state index < -0.39 is 0 Å². The van der Waals surface area contributed by atoms with E-state index >= 15 is 0 Å². The second kappa shape index (κ2) is 7.42. The summed E-state index contributed by atoms with van der Waals surface area (Å²) in [7, 11) is 0. The predicted molar refractivity (Wildman–Crippen MR) is 83.7 cm³/mol. The van der Waals surface area contributed by atoms with Gasteiger partial charge in [-0.15, -0.1) is 0 Å². The summed E-state index contributed by atoms with van der Waals surface area (Å²) in [6.07, 6.45) is 13.4. The van der Waals surface area contributed by atoms with E-state index in [9.17, 15) is 0 Å². The van der Waals surface area contributed by atoms with Gasteiger partial charge in [0.15, 0.2) is 0 Å². The van der Waals surface area contributed by atoms with Crippen molar-refractivity contribution in [2.75, 3.05) is 0 Å². The van der Waals surface area contributed by atoms with Gasteiger partial charge < -0.3 is 5.73 Å². The monoisotopic (exact) mass is 264 g/mol. The molecule has 0 aliphatic heterocycles. The molecule has 0 atom stereocenters. The highest BCUT2D eigenvalue weighted by atomic mass is 14.8. The molecule has 0 spiro atoms. The molecule has 0 bridgehead atoms. The number of aliphatic imine (C=N–C) groups is 1. The molecule has 0 saturated heterocycles. The van der Waals surface area contributed by atoms with Gasteiger partial charge in [0.05, 0.1) is 0 Å². The van der Waals surface area contributed by atoms with Crippen molar-refractivity contribution in [2.24, 2.45) is 22.6 Å². The number of nitrogens with two attached hydrogens (primary N) is 1. The molecule has 0 aromatic heterocycles. The Morgan fingerprint density at radius 3 is 2.00 bits per heavy atom. The Morgan fingerprint density at radius 1 is 0.947 bits per heavy atom. The van der Waals surface area contributed by atoms with Crippen molar-refractivity contribution in [1.29, 1.82) is 0 Å². The molecule has 19 heavy (non-hydrogen) atoms. The van der Waals surface area contributed by atoms with Gasteiger partial charge in [-0.1, -0.05) is 6.92 Å². The minimum Gasteiger partial charge on any atom is -0.328 e. The lowest BCUT2D eigenvalue weighted by molar-refractivity contribution is 0.226. The molecule has 0 amide bonds. The summed E-state index contributed by atoms with van der Waals surface area (Å²) in [4.78, 5) is 4.85. The minimum absolute atomic E-state index is 0.498. The first-order valence-corrected chi connectivity index (χ1v) is 8.46. The van der Waals surface area contributed by atoms with Crippen molar-refractivity contribution in [1.82, 2.24) is 0 Å². The molecule has 0 heterocycles. The zero-order valence-electron chi connectivity index (χ0n) is 12.9. The summed E-state index contributed by atoms with van der Waals surface area (Å²) in [5.74, 6) is 1.95. The molecule has 2 saturated carbocycles. The molecule has 2 heteroatoms. The number of hydrogen-bond acceptors (Lipinski definition) is 2. The summed E-state index contributed by atoms with van der Waals surface area (Å²) < 4.78 is 0. The quantitative estimate of drug-likeness (QED) is 0.754. The maximum Gasteiger partial charge on any atom is 0.0499 e. The standard InChI is InChI=1S/C17H32N2/c1-3-13(2)19-17-10-6-15(7-11-17)12-14-4-8-16(18)9-5-14/h14-17H,3-12,18H2,1-2H3. The van der Waals surface area contributed by atoms with Crippen molar-refractivity contribution in [3.63, 3.8) is 0 Å². The molecule has 0 aromatic carbocycles. The van der Waals surface area contributed by atoms with Gasteiger partial charge in [-0.2, -0.15) is 0 Å². The average Bonchev–Trinajstić information content (AvgIpc) is 2.43. The van der Waals surface area contributed by atoms with E-state index in [-0.39, 0.29) is 0 Å². The van der Waals surface area contributed by atoms with Gasteiger partial charge in [-0.25, -0.2) is 0 Å². The molecule has 2 aliphatic carbocycles. The fraction of sp³-hybridized carbons (Fsp3) is 0.941. The minimum atomic E-state index is 0.498. The van der Waals surface area contributed by atoms with Crippen LogP contribution in [0.5, 0.6) is 0 Å². The second-order valence-corrected chi connectivity index (χ2v) is 6.91. The van der Waals surface area contributed by atoms with Crippen molar-refractivity contribution >= 4 is 5.71 Å². The van der Waals surface area contributed by atoms with Crippen LogP contribution in [0.2, 0.25) is 0 Å². The van der Waals surface area contributed by atoms with Gasteiger partial charge in [0.25, 0.3) is 0 Å². The van der Waals surface area contributed by atoms with E-state index in [0.29, 0.717) is 12.1 Å². The lowest BCUT2D eigenvalue weighted by atomic mass is 9.76. The first-order chi connectivity index (χ1) is 9.17. The van der Waals surface area contributed by atoms with Crippen LogP contribution < -0.4 is 5.73 Å². The van der Waals surface area contributed by atoms with Gasteiger partial charge in [0.2, 0.25) is 0 Å². The summed E-state index contributed by atoms with van der Waals surface area (Å²) in [6.45, 7) is 4.38. The van der Waals surface area contributed by atoms with Crippen LogP contribution in [0.25, 0.3) is 0 Å². The van der Waals surface area contributed by atoms with Crippen molar-refractivity contribution < 1.29 is 0 Å². The summed E-state index contributed by atoms with van der Waals surface area (Å²) >= 11 is 0. The highest BCUT2D eigenvalue weighted by Crippen LogP contribution is 2.35. The lowest BCUT2D eigenvalue weighted by Gasteiger charge is -2.32. The van der Waals surface area contributed by atoms with Crippen LogP contribution in [0.1, 0.15) is 78.1 Å².